The molecular formula is C7H16N2S. The zero-order valence-corrected chi connectivity index (χ0v) is 7.96. The molecule has 0 saturated heterocycles. The predicted octanol–water partition coefficient (Wildman–Crippen LogP) is 1.72. The summed E-state index contributed by atoms with van der Waals surface area (Å²) in [5, 5.41) is 4.82. The smallest absolute Gasteiger partial charge is 0.156 e. The molecule has 0 aliphatic heterocycles. The van der Waals surface area contributed by atoms with Crippen LogP contribution in [0.4, 0.5) is 0 Å². The van der Waals surface area contributed by atoms with Crippen LogP contribution < -0.4 is 5.32 Å². The van der Waals surface area contributed by atoms with Gasteiger partial charge in [-0.05, 0) is 6.92 Å². The molecule has 2 nitrogen and oxygen atoms in total. The molecule has 0 aliphatic rings. The van der Waals surface area contributed by atoms with Gasteiger partial charge in [0.2, 0.25) is 0 Å². The van der Waals surface area contributed by atoms with Crippen LogP contribution in [0.2, 0.25) is 0 Å². The van der Waals surface area contributed by atoms with Crippen LogP contribution >= 0.6 is 11.8 Å². The third-order valence-corrected chi connectivity index (χ3v) is 1.90. The van der Waals surface area contributed by atoms with Gasteiger partial charge in [0, 0.05) is 18.8 Å². The second kappa shape index (κ2) is 5.59. The first-order chi connectivity index (χ1) is 4.70. The van der Waals surface area contributed by atoms with Gasteiger partial charge in [-0.3, -0.25) is 4.99 Å². The van der Waals surface area contributed by atoms with Crippen molar-refractivity contribution in [2.24, 2.45) is 4.99 Å². The maximum absolute atomic E-state index is 4.09. The largest absolute Gasteiger partial charge is 0.365 e. The Bertz CT molecular complexity index is 110. The molecule has 0 unspecified atom stereocenters. The minimum absolute atomic E-state index is 0.609. The van der Waals surface area contributed by atoms with Crippen molar-refractivity contribution in [2.45, 2.75) is 26.0 Å². The van der Waals surface area contributed by atoms with Crippen LogP contribution in [-0.4, -0.2) is 24.0 Å². The standard InChI is InChI=1S/C7H16N2S/c1-5-9-7(8-4)10-6(2)3/h6H,5H2,1-4H3,(H,8,9). The number of aliphatic imine (C=N–C) groups is 1. The second-order valence-corrected chi connectivity index (χ2v) is 3.79. The third-order valence-electron chi connectivity index (χ3n) is 0.878. The number of rotatable bonds is 2. The Morgan fingerprint density at radius 3 is 2.50 bits per heavy atom. The highest BCUT2D eigenvalue weighted by atomic mass is 32.2. The Balaban J connectivity index is 3.62. The highest BCUT2D eigenvalue weighted by Crippen LogP contribution is 2.09. The average Bonchev–Trinajstić information content (AvgIpc) is 1.86. The number of amidine groups is 1. The number of thioether (sulfide) groups is 1. The summed E-state index contributed by atoms with van der Waals surface area (Å²) in [6.07, 6.45) is 0. The molecule has 0 atom stereocenters. The molecule has 0 heterocycles. The molecule has 0 aromatic carbocycles. The van der Waals surface area contributed by atoms with Gasteiger partial charge in [0.05, 0.1) is 0 Å². The van der Waals surface area contributed by atoms with Gasteiger partial charge in [0.1, 0.15) is 0 Å². The maximum atomic E-state index is 4.09. The summed E-state index contributed by atoms with van der Waals surface area (Å²) >= 11 is 1.76. The zero-order valence-electron chi connectivity index (χ0n) is 7.14. The van der Waals surface area contributed by atoms with Crippen molar-refractivity contribution in [3.05, 3.63) is 0 Å². The Hall–Kier alpha value is -0.180. The molecule has 0 rings (SSSR count). The normalized spacial score (nSPS) is 12.3. The van der Waals surface area contributed by atoms with Crippen molar-refractivity contribution in [2.75, 3.05) is 13.6 Å². The highest BCUT2D eigenvalue weighted by Gasteiger charge is 1.99. The van der Waals surface area contributed by atoms with E-state index in [0.717, 1.165) is 11.7 Å². The lowest BCUT2D eigenvalue weighted by Crippen LogP contribution is -2.21. The van der Waals surface area contributed by atoms with E-state index in [2.05, 4.69) is 31.1 Å². The summed E-state index contributed by atoms with van der Waals surface area (Å²) in [4.78, 5) is 4.09. The monoisotopic (exact) mass is 160 g/mol. The van der Waals surface area contributed by atoms with E-state index in [0.29, 0.717) is 5.25 Å². The molecule has 0 radical (unpaired) electrons. The minimum Gasteiger partial charge on any atom is -0.365 e. The van der Waals surface area contributed by atoms with Crippen LogP contribution in [-0.2, 0) is 0 Å². The summed E-state index contributed by atoms with van der Waals surface area (Å²) in [7, 11) is 1.81. The van der Waals surface area contributed by atoms with Crippen molar-refractivity contribution in [3.63, 3.8) is 0 Å². The van der Waals surface area contributed by atoms with Crippen molar-refractivity contribution in [1.82, 2.24) is 5.32 Å². The maximum Gasteiger partial charge on any atom is 0.156 e. The lowest BCUT2D eigenvalue weighted by Gasteiger charge is -2.07. The van der Waals surface area contributed by atoms with Crippen molar-refractivity contribution in [3.8, 4) is 0 Å². The Labute approximate surface area is 67.5 Å². The lowest BCUT2D eigenvalue weighted by molar-refractivity contribution is 0.976. The number of hydrogen-bond donors (Lipinski definition) is 1. The molecule has 1 N–H and O–H groups in total. The van der Waals surface area contributed by atoms with Gasteiger partial charge >= 0.3 is 0 Å². The van der Waals surface area contributed by atoms with Crippen LogP contribution in [0.25, 0.3) is 0 Å². The number of hydrogen-bond acceptors (Lipinski definition) is 2. The summed E-state index contributed by atoms with van der Waals surface area (Å²) in [5.74, 6) is 0. The van der Waals surface area contributed by atoms with E-state index in [1.807, 2.05) is 7.05 Å². The van der Waals surface area contributed by atoms with Gasteiger partial charge in [-0.25, -0.2) is 0 Å². The minimum atomic E-state index is 0.609. The van der Waals surface area contributed by atoms with E-state index >= 15 is 0 Å². The Morgan fingerprint density at radius 2 is 2.20 bits per heavy atom. The SMILES string of the molecule is CCNC(=NC)SC(C)C. The molecular weight excluding hydrogens is 144 g/mol. The summed E-state index contributed by atoms with van der Waals surface area (Å²) < 4.78 is 0. The van der Waals surface area contributed by atoms with Gasteiger partial charge in [-0.15, -0.1) is 0 Å². The van der Waals surface area contributed by atoms with E-state index in [4.69, 9.17) is 0 Å². The first-order valence-electron chi connectivity index (χ1n) is 3.58. The Morgan fingerprint density at radius 1 is 1.60 bits per heavy atom. The lowest BCUT2D eigenvalue weighted by atomic mass is 10.6. The second-order valence-electron chi connectivity index (χ2n) is 2.23. The molecule has 0 bridgehead atoms. The van der Waals surface area contributed by atoms with E-state index in [-0.39, 0.29) is 0 Å². The molecule has 0 spiro atoms. The average molecular weight is 160 g/mol. The first-order valence-corrected chi connectivity index (χ1v) is 4.46. The predicted molar refractivity (Wildman–Crippen MR) is 49.8 cm³/mol. The van der Waals surface area contributed by atoms with Crippen LogP contribution in [0.5, 0.6) is 0 Å². The molecule has 0 fully saturated rings. The summed E-state index contributed by atoms with van der Waals surface area (Å²) in [6, 6.07) is 0. The fourth-order valence-electron chi connectivity index (χ4n) is 0.548. The van der Waals surface area contributed by atoms with Crippen LogP contribution in [0.1, 0.15) is 20.8 Å². The molecule has 0 amide bonds. The highest BCUT2D eigenvalue weighted by molar-refractivity contribution is 8.14. The van der Waals surface area contributed by atoms with Gasteiger partial charge in [-0.2, -0.15) is 0 Å². The third kappa shape index (κ3) is 4.68. The fraction of sp³-hybridized carbons (Fsp3) is 0.857. The van der Waals surface area contributed by atoms with Gasteiger partial charge in [-0.1, -0.05) is 25.6 Å². The molecule has 0 saturated carbocycles. The molecule has 3 heteroatoms. The quantitative estimate of drug-likeness (QED) is 0.491. The van der Waals surface area contributed by atoms with Gasteiger partial charge < -0.3 is 5.32 Å². The molecule has 0 aliphatic carbocycles. The molecule has 0 aromatic heterocycles. The van der Waals surface area contributed by atoms with Crippen molar-refractivity contribution >= 4 is 16.9 Å². The fourth-order valence-corrected chi connectivity index (χ4v) is 1.33. The molecule has 60 valence electrons. The first kappa shape index (κ1) is 9.82. The van der Waals surface area contributed by atoms with E-state index < -0.39 is 0 Å². The summed E-state index contributed by atoms with van der Waals surface area (Å²) in [6.45, 7) is 7.35. The molecule has 0 aromatic rings. The van der Waals surface area contributed by atoms with Crippen molar-refractivity contribution < 1.29 is 0 Å². The molecule has 10 heavy (non-hydrogen) atoms. The van der Waals surface area contributed by atoms with Crippen LogP contribution in [0.15, 0.2) is 4.99 Å². The van der Waals surface area contributed by atoms with Gasteiger partial charge in [0.25, 0.3) is 0 Å². The van der Waals surface area contributed by atoms with E-state index in [9.17, 15) is 0 Å². The van der Waals surface area contributed by atoms with Gasteiger partial charge in [0.15, 0.2) is 5.17 Å². The van der Waals surface area contributed by atoms with Crippen LogP contribution in [0.3, 0.4) is 0 Å². The van der Waals surface area contributed by atoms with E-state index in [1.165, 1.54) is 0 Å². The van der Waals surface area contributed by atoms with E-state index in [1.54, 1.807) is 11.8 Å². The van der Waals surface area contributed by atoms with Crippen molar-refractivity contribution in [1.29, 1.82) is 0 Å². The summed E-state index contributed by atoms with van der Waals surface area (Å²) in [5.41, 5.74) is 0. The Kier molecular flexibility index (Phi) is 5.49. The zero-order chi connectivity index (χ0) is 7.98. The van der Waals surface area contributed by atoms with Crippen LogP contribution in [0, 0.1) is 0 Å². The number of nitrogens with one attached hydrogen (secondary N) is 1. The number of nitrogens with zero attached hydrogens (tertiary/aromatic N) is 1. The topological polar surface area (TPSA) is 24.4 Å².